The predicted molar refractivity (Wildman–Crippen MR) is 99.1 cm³/mol. The van der Waals surface area contributed by atoms with Crippen molar-refractivity contribution in [3.05, 3.63) is 17.5 Å². The third kappa shape index (κ3) is 4.27. The largest absolute Gasteiger partial charge is 0.338 e. The van der Waals surface area contributed by atoms with Crippen LogP contribution in [0.1, 0.15) is 30.0 Å². The highest BCUT2D eigenvalue weighted by Crippen LogP contribution is 2.15. The quantitative estimate of drug-likeness (QED) is 0.800. The van der Waals surface area contributed by atoms with E-state index in [-0.39, 0.29) is 5.91 Å². The molecule has 2 saturated heterocycles. The van der Waals surface area contributed by atoms with Crippen LogP contribution in [0, 0.1) is 6.92 Å². The predicted octanol–water partition coefficient (Wildman–Crippen LogP) is 0.705. The van der Waals surface area contributed by atoms with E-state index in [2.05, 4.69) is 38.5 Å². The van der Waals surface area contributed by atoms with Crippen molar-refractivity contribution in [1.29, 1.82) is 0 Å². The van der Waals surface area contributed by atoms with Gasteiger partial charge in [0.2, 0.25) is 5.95 Å². The van der Waals surface area contributed by atoms with Crippen molar-refractivity contribution in [1.82, 2.24) is 24.7 Å². The highest BCUT2D eigenvalue weighted by atomic mass is 16.2. The van der Waals surface area contributed by atoms with Crippen molar-refractivity contribution in [2.75, 3.05) is 70.3 Å². The maximum absolute atomic E-state index is 12.9. The minimum absolute atomic E-state index is 0.0368. The number of amides is 1. The summed E-state index contributed by atoms with van der Waals surface area (Å²) in [7, 11) is 0. The molecule has 0 aromatic carbocycles. The molecule has 25 heavy (non-hydrogen) atoms. The number of aryl methyl sites for hydroxylation is 1. The van der Waals surface area contributed by atoms with E-state index >= 15 is 0 Å². The molecule has 0 radical (unpaired) electrons. The Labute approximate surface area is 150 Å². The lowest BCUT2D eigenvalue weighted by Gasteiger charge is -2.35. The van der Waals surface area contributed by atoms with Gasteiger partial charge in [-0.05, 0) is 26.1 Å². The van der Waals surface area contributed by atoms with E-state index in [1.807, 2.05) is 17.9 Å². The molecule has 0 saturated carbocycles. The van der Waals surface area contributed by atoms with Crippen LogP contribution in [0.25, 0.3) is 0 Å². The van der Waals surface area contributed by atoms with Gasteiger partial charge in [0.15, 0.2) is 0 Å². The Kier molecular flexibility index (Phi) is 5.86. The molecule has 0 N–H and O–H groups in total. The number of rotatable bonds is 4. The topological polar surface area (TPSA) is 55.8 Å². The summed E-state index contributed by atoms with van der Waals surface area (Å²) < 4.78 is 0. The van der Waals surface area contributed by atoms with Gasteiger partial charge < -0.3 is 19.6 Å². The van der Waals surface area contributed by atoms with E-state index in [9.17, 15) is 4.79 Å². The SMILES string of the molecule is CCN1CCN(C(=O)c2cc(C)nc(N3CCN(CC)CC3)n2)CC1. The van der Waals surface area contributed by atoms with Gasteiger partial charge in [-0.3, -0.25) is 4.79 Å². The van der Waals surface area contributed by atoms with Crippen molar-refractivity contribution in [3.8, 4) is 0 Å². The van der Waals surface area contributed by atoms with Gasteiger partial charge in [-0.1, -0.05) is 13.8 Å². The van der Waals surface area contributed by atoms with Gasteiger partial charge in [-0.2, -0.15) is 0 Å². The molecular formula is C18H30N6O. The minimum Gasteiger partial charge on any atom is -0.338 e. The molecule has 0 unspecified atom stereocenters. The van der Waals surface area contributed by atoms with Gasteiger partial charge in [0.25, 0.3) is 5.91 Å². The second-order valence-corrected chi connectivity index (χ2v) is 6.84. The van der Waals surface area contributed by atoms with Crippen LogP contribution < -0.4 is 4.90 Å². The van der Waals surface area contributed by atoms with Crippen LogP contribution in [0.3, 0.4) is 0 Å². The highest BCUT2D eigenvalue weighted by Gasteiger charge is 2.24. The summed E-state index contributed by atoms with van der Waals surface area (Å²) in [6.07, 6.45) is 0. The van der Waals surface area contributed by atoms with Crippen LogP contribution in [0.15, 0.2) is 6.07 Å². The maximum Gasteiger partial charge on any atom is 0.272 e. The number of piperazine rings is 2. The van der Waals surface area contributed by atoms with E-state index in [1.165, 1.54) is 0 Å². The molecule has 3 rings (SSSR count). The third-order valence-corrected chi connectivity index (χ3v) is 5.27. The van der Waals surface area contributed by atoms with Crippen molar-refractivity contribution in [2.45, 2.75) is 20.8 Å². The fourth-order valence-corrected chi connectivity index (χ4v) is 3.50. The molecule has 0 atom stereocenters. The molecule has 7 nitrogen and oxygen atoms in total. The lowest BCUT2D eigenvalue weighted by atomic mass is 10.2. The fourth-order valence-electron chi connectivity index (χ4n) is 3.50. The maximum atomic E-state index is 12.9. The van der Waals surface area contributed by atoms with E-state index in [4.69, 9.17) is 0 Å². The van der Waals surface area contributed by atoms with Crippen LogP contribution in [0.5, 0.6) is 0 Å². The minimum atomic E-state index is 0.0368. The fraction of sp³-hybridized carbons (Fsp3) is 0.722. The van der Waals surface area contributed by atoms with Crippen molar-refractivity contribution < 1.29 is 4.79 Å². The number of aromatic nitrogens is 2. The lowest BCUT2D eigenvalue weighted by Crippen LogP contribution is -2.49. The van der Waals surface area contributed by atoms with Crippen LogP contribution >= 0.6 is 0 Å². The zero-order valence-corrected chi connectivity index (χ0v) is 15.7. The van der Waals surface area contributed by atoms with Gasteiger partial charge in [-0.15, -0.1) is 0 Å². The number of carbonyl (C=O) groups is 1. The zero-order valence-electron chi connectivity index (χ0n) is 15.7. The summed E-state index contributed by atoms with van der Waals surface area (Å²) in [5.41, 5.74) is 1.39. The average Bonchev–Trinajstić information content (AvgIpc) is 2.67. The van der Waals surface area contributed by atoms with Gasteiger partial charge in [0.1, 0.15) is 5.69 Å². The Morgan fingerprint density at radius 2 is 1.48 bits per heavy atom. The molecule has 2 fully saturated rings. The average molecular weight is 346 g/mol. The lowest BCUT2D eigenvalue weighted by molar-refractivity contribution is 0.0637. The molecule has 2 aliphatic rings. The van der Waals surface area contributed by atoms with Gasteiger partial charge in [0.05, 0.1) is 0 Å². The van der Waals surface area contributed by atoms with E-state index in [0.29, 0.717) is 11.6 Å². The first kappa shape index (κ1) is 18.1. The first-order valence-corrected chi connectivity index (χ1v) is 9.45. The molecule has 7 heteroatoms. The van der Waals surface area contributed by atoms with Crippen LogP contribution in [-0.2, 0) is 0 Å². The van der Waals surface area contributed by atoms with Crippen LogP contribution in [0.2, 0.25) is 0 Å². The third-order valence-electron chi connectivity index (χ3n) is 5.27. The number of anilines is 1. The van der Waals surface area contributed by atoms with Crippen LogP contribution in [-0.4, -0.2) is 96.0 Å². The monoisotopic (exact) mass is 346 g/mol. The standard InChI is InChI=1S/C18H30N6O/c1-4-21-6-10-23(11-7-21)17(25)16-14-15(3)19-18(20-16)24-12-8-22(5-2)9-13-24/h14H,4-13H2,1-3H3. The number of hydrogen-bond acceptors (Lipinski definition) is 6. The zero-order chi connectivity index (χ0) is 17.8. The Morgan fingerprint density at radius 3 is 2.04 bits per heavy atom. The first-order valence-electron chi connectivity index (χ1n) is 9.45. The van der Waals surface area contributed by atoms with Crippen molar-refractivity contribution >= 4 is 11.9 Å². The molecule has 1 amide bonds. The van der Waals surface area contributed by atoms with Crippen molar-refractivity contribution in [3.63, 3.8) is 0 Å². The van der Waals surface area contributed by atoms with Gasteiger partial charge in [-0.25, -0.2) is 9.97 Å². The van der Waals surface area contributed by atoms with Gasteiger partial charge in [0, 0.05) is 58.1 Å². The molecule has 0 spiro atoms. The molecule has 0 bridgehead atoms. The molecular weight excluding hydrogens is 316 g/mol. The number of hydrogen-bond donors (Lipinski definition) is 0. The first-order chi connectivity index (χ1) is 12.1. The molecule has 138 valence electrons. The second-order valence-electron chi connectivity index (χ2n) is 6.84. The Hall–Kier alpha value is -1.73. The molecule has 1 aromatic rings. The molecule has 2 aliphatic heterocycles. The Bertz CT molecular complexity index is 591. The number of carbonyl (C=O) groups excluding carboxylic acids is 1. The summed E-state index contributed by atoms with van der Waals surface area (Å²) >= 11 is 0. The smallest absolute Gasteiger partial charge is 0.272 e. The number of nitrogens with zero attached hydrogens (tertiary/aromatic N) is 6. The molecule has 1 aromatic heterocycles. The normalized spacial score (nSPS) is 20.1. The second kappa shape index (κ2) is 8.10. The van der Waals surface area contributed by atoms with Crippen molar-refractivity contribution in [2.24, 2.45) is 0 Å². The number of likely N-dealkylation sites (N-methyl/N-ethyl adjacent to an activating group) is 2. The summed E-state index contributed by atoms with van der Waals surface area (Å²) in [6.45, 7) is 15.7. The Balaban J connectivity index is 1.70. The summed E-state index contributed by atoms with van der Waals surface area (Å²) in [5.74, 6) is 0.737. The van der Waals surface area contributed by atoms with E-state index in [1.54, 1.807) is 0 Å². The summed E-state index contributed by atoms with van der Waals surface area (Å²) in [4.78, 5) is 31.0. The van der Waals surface area contributed by atoms with E-state index < -0.39 is 0 Å². The molecule has 0 aliphatic carbocycles. The molecule has 3 heterocycles. The van der Waals surface area contributed by atoms with Crippen LogP contribution in [0.4, 0.5) is 5.95 Å². The summed E-state index contributed by atoms with van der Waals surface area (Å²) in [5, 5.41) is 0. The van der Waals surface area contributed by atoms with Gasteiger partial charge >= 0.3 is 0 Å². The van der Waals surface area contributed by atoms with E-state index in [0.717, 1.165) is 71.1 Å². The highest BCUT2D eigenvalue weighted by molar-refractivity contribution is 5.92. The summed E-state index contributed by atoms with van der Waals surface area (Å²) in [6, 6.07) is 1.82. The Morgan fingerprint density at radius 1 is 0.920 bits per heavy atom.